The highest BCUT2D eigenvalue weighted by Gasteiger charge is 2.12. The first-order valence-corrected chi connectivity index (χ1v) is 8.16. The number of hydrogen-bond donors (Lipinski definition) is 1. The number of halogens is 2. The molecule has 0 aliphatic carbocycles. The number of nitrogens with one attached hydrogen (secondary N) is 1. The minimum Gasteiger partial charge on any atom is -0.312 e. The van der Waals surface area contributed by atoms with E-state index in [2.05, 4.69) is 36.5 Å². The molecule has 1 atom stereocenters. The smallest absolute Gasteiger partial charge is 0.0603 e. The normalized spacial score (nSPS) is 12.4. The van der Waals surface area contributed by atoms with Crippen molar-refractivity contribution in [3.8, 4) is 0 Å². The summed E-state index contributed by atoms with van der Waals surface area (Å²) in [4.78, 5) is 1.13. The number of benzene rings is 2. The average Bonchev–Trinajstić information content (AvgIpc) is 2.45. The molecule has 106 valence electrons. The second-order valence-corrected chi connectivity index (χ2v) is 6.49. The van der Waals surface area contributed by atoms with Gasteiger partial charge in [-0.1, -0.05) is 47.5 Å². The fourth-order valence-corrected chi connectivity index (χ4v) is 3.49. The van der Waals surface area contributed by atoms with Gasteiger partial charge in [0.15, 0.2) is 0 Å². The first kappa shape index (κ1) is 15.7. The zero-order chi connectivity index (χ0) is 14.5. The van der Waals surface area contributed by atoms with Gasteiger partial charge < -0.3 is 5.32 Å². The molecule has 2 rings (SSSR count). The molecule has 1 nitrogen and oxygen atoms in total. The minimum atomic E-state index is 0.315. The topological polar surface area (TPSA) is 12.0 Å². The summed E-state index contributed by atoms with van der Waals surface area (Å²) >= 11 is 13.8. The van der Waals surface area contributed by atoms with E-state index in [1.165, 1.54) is 11.1 Å². The van der Waals surface area contributed by atoms with Crippen LogP contribution in [0.25, 0.3) is 0 Å². The van der Waals surface area contributed by atoms with Gasteiger partial charge in [-0.3, -0.25) is 0 Å². The van der Waals surface area contributed by atoms with Crippen molar-refractivity contribution >= 4 is 35.0 Å². The van der Waals surface area contributed by atoms with Crippen molar-refractivity contribution in [1.29, 1.82) is 0 Å². The van der Waals surface area contributed by atoms with Gasteiger partial charge in [0.05, 0.1) is 10.0 Å². The van der Waals surface area contributed by atoms with Crippen molar-refractivity contribution in [2.24, 2.45) is 0 Å². The highest BCUT2D eigenvalue weighted by Crippen LogP contribution is 2.30. The van der Waals surface area contributed by atoms with Gasteiger partial charge in [-0.15, -0.1) is 11.8 Å². The van der Waals surface area contributed by atoms with E-state index in [9.17, 15) is 0 Å². The Morgan fingerprint density at radius 1 is 1.10 bits per heavy atom. The predicted molar refractivity (Wildman–Crippen MR) is 90.2 cm³/mol. The van der Waals surface area contributed by atoms with Crippen molar-refractivity contribution in [2.45, 2.75) is 17.9 Å². The van der Waals surface area contributed by atoms with E-state index in [1.54, 1.807) is 11.8 Å². The van der Waals surface area contributed by atoms with Gasteiger partial charge in [0.25, 0.3) is 0 Å². The summed E-state index contributed by atoms with van der Waals surface area (Å²) < 4.78 is 0. The molecule has 0 aromatic heterocycles. The van der Waals surface area contributed by atoms with Crippen LogP contribution in [0.3, 0.4) is 0 Å². The second-order valence-electron chi connectivity index (χ2n) is 4.58. The molecule has 0 spiro atoms. The van der Waals surface area contributed by atoms with Crippen LogP contribution in [0, 0.1) is 6.92 Å². The Labute approximate surface area is 134 Å². The van der Waals surface area contributed by atoms with E-state index >= 15 is 0 Å². The third-order valence-electron chi connectivity index (χ3n) is 3.22. The highest BCUT2D eigenvalue weighted by molar-refractivity contribution is 7.99. The lowest BCUT2D eigenvalue weighted by molar-refractivity contribution is 0.658. The molecule has 1 N–H and O–H groups in total. The third-order valence-corrected chi connectivity index (χ3v) is 5.05. The Balaban J connectivity index is 2.08. The molecule has 20 heavy (non-hydrogen) atoms. The van der Waals surface area contributed by atoms with Crippen LogP contribution in [0.5, 0.6) is 0 Å². The van der Waals surface area contributed by atoms with Crippen LogP contribution in [0.15, 0.2) is 47.4 Å². The van der Waals surface area contributed by atoms with Crippen LogP contribution < -0.4 is 5.32 Å². The quantitative estimate of drug-likeness (QED) is 0.743. The predicted octanol–water partition coefficient (Wildman–Crippen LogP) is 5.35. The van der Waals surface area contributed by atoms with E-state index < -0.39 is 0 Å². The van der Waals surface area contributed by atoms with Gasteiger partial charge in [-0.25, -0.2) is 0 Å². The van der Waals surface area contributed by atoms with E-state index in [4.69, 9.17) is 23.2 Å². The monoisotopic (exact) mass is 325 g/mol. The summed E-state index contributed by atoms with van der Waals surface area (Å²) in [6.07, 6.45) is 0. The van der Waals surface area contributed by atoms with Crippen molar-refractivity contribution in [1.82, 2.24) is 5.32 Å². The first-order chi connectivity index (χ1) is 9.61. The number of aryl methyl sites for hydroxylation is 1. The summed E-state index contributed by atoms with van der Waals surface area (Å²) in [5, 5.41) is 4.58. The van der Waals surface area contributed by atoms with E-state index in [-0.39, 0.29) is 0 Å². The van der Waals surface area contributed by atoms with Gasteiger partial charge in [0, 0.05) is 16.7 Å². The summed E-state index contributed by atoms with van der Waals surface area (Å²) in [5.74, 6) is 0.944. The van der Waals surface area contributed by atoms with Gasteiger partial charge in [0.1, 0.15) is 0 Å². The lowest BCUT2D eigenvalue weighted by Gasteiger charge is -2.18. The molecule has 0 saturated heterocycles. The average molecular weight is 326 g/mol. The molecule has 1 unspecified atom stereocenters. The zero-order valence-corrected chi connectivity index (χ0v) is 13.8. The molecule has 2 aromatic carbocycles. The molecule has 0 aliphatic rings. The van der Waals surface area contributed by atoms with E-state index in [0.29, 0.717) is 16.1 Å². The molecule has 0 fully saturated rings. The van der Waals surface area contributed by atoms with Crippen LogP contribution in [0.2, 0.25) is 10.0 Å². The molecule has 0 bridgehead atoms. The number of thioether (sulfide) groups is 1. The van der Waals surface area contributed by atoms with Crippen LogP contribution in [-0.4, -0.2) is 12.8 Å². The maximum absolute atomic E-state index is 6.04. The Morgan fingerprint density at radius 3 is 2.50 bits per heavy atom. The molecule has 0 heterocycles. The standard InChI is InChI=1S/C16H17Cl2NS/c1-11-5-3-4-6-13(11)16(19-2)10-20-12-7-8-14(17)15(18)9-12/h3-9,16,19H,10H2,1-2H3. The summed E-state index contributed by atoms with van der Waals surface area (Å²) in [6.45, 7) is 2.14. The van der Waals surface area contributed by atoms with Gasteiger partial charge >= 0.3 is 0 Å². The SMILES string of the molecule is CNC(CSc1ccc(Cl)c(Cl)c1)c1ccccc1C. The Bertz CT molecular complexity index is 586. The second kappa shape index (κ2) is 7.37. The Kier molecular flexibility index (Phi) is 5.79. The van der Waals surface area contributed by atoms with Crippen LogP contribution in [0.1, 0.15) is 17.2 Å². The lowest BCUT2D eigenvalue weighted by atomic mass is 10.0. The lowest BCUT2D eigenvalue weighted by Crippen LogP contribution is -2.19. The fraction of sp³-hybridized carbons (Fsp3) is 0.250. The molecule has 0 aliphatic heterocycles. The Morgan fingerprint density at radius 2 is 1.85 bits per heavy atom. The van der Waals surface area contributed by atoms with Crippen molar-refractivity contribution < 1.29 is 0 Å². The first-order valence-electron chi connectivity index (χ1n) is 6.42. The molecular weight excluding hydrogens is 309 g/mol. The Hall–Kier alpha value is -0.670. The van der Waals surface area contributed by atoms with Gasteiger partial charge in [0.2, 0.25) is 0 Å². The largest absolute Gasteiger partial charge is 0.312 e. The third kappa shape index (κ3) is 3.92. The highest BCUT2D eigenvalue weighted by atomic mass is 35.5. The minimum absolute atomic E-state index is 0.315. The van der Waals surface area contributed by atoms with E-state index in [0.717, 1.165) is 10.6 Å². The molecule has 0 radical (unpaired) electrons. The van der Waals surface area contributed by atoms with Crippen molar-refractivity contribution in [2.75, 3.05) is 12.8 Å². The van der Waals surface area contributed by atoms with Crippen LogP contribution in [-0.2, 0) is 0 Å². The molecule has 4 heteroatoms. The number of rotatable bonds is 5. The zero-order valence-electron chi connectivity index (χ0n) is 11.5. The van der Waals surface area contributed by atoms with Crippen molar-refractivity contribution in [3.63, 3.8) is 0 Å². The maximum atomic E-state index is 6.04. The van der Waals surface area contributed by atoms with Crippen LogP contribution in [0.4, 0.5) is 0 Å². The van der Waals surface area contributed by atoms with Gasteiger partial charge in [-0.05, 0) is 43.3 Å². The number of hydrogen-bond acceptors (Lipinski definition) is 2. The molecular formula is C16H17Cl2NS. The van der Waals surface area contributed by atoms with Crippen molar-refractivity contribution in [3.05, 3.63) is 63.6 Å². The van der Waals surface area contributed by atoms with E-state index in [1.807, 2.05) is 25.2 Å². The maximum Gasteiger partial charge on any atom is 0.0603 e. The van der Waals surface area contributed by atoms with Crippen LogP contribution >= 0.6 is 35.0 Å². The summed E-state index contributed by atoms with van der Waals surface area (Å²) in [6, 6.07) is 14.5. The summed E-state index contributed by atoms with van der Waals surface area (Å²) in [7, 11) is 1.99. The molecule has 0 amide bonds. The fourth-order valence-electron chi connectivity index (χ4n) is 2.05. The van der Waals surface area contributed by atoms with Gasteiger partial charge in [-0.2, -0.15) is 0 Å². The molecule has 2 aromatic rings. The summed E-state index contributed by atoms with van der Waals surface area (Å²) in [5.41, 5.74) is 2.64. The molecule has 0 saturated carbocycles.